The zero-order chi connectivity index (χ0) is 20.8. The van der Waals surface area contributed by atoms with Crippen molar-refractivity contribution in [3.8, 4) is 0 Å². The number of anilines is 2. The maximum absolute atomic E-state index is 12.7. The predicted octanol–water partition coefficient (Wildman–Crippen LogP) is 3.48. The largest absolute Gasteiger partial charge is 0.450 e. The Hall–Kier alpha value is -3.09. The molecular formula is C22H28N4O3. The highest BCUT2D eigenvalue weighted by molar-refractivity contribution is 6.03. The van der Waals surface area contributed by atoms with Gasteiger partial charge in [0, 0.05) is 31.9 Å². The van der Waals surface area contributed by atoms with Crippen molar-refractivity contribution >= 4 is 23.4 Å². The number of amides is 2. The number of ether oxygens (including phenoxy) is 1. The molecule has 0 unspecified atom stereocenters. The number of carbonyl (C=O) groups excluding carboxylic acids is 2. The van der Waals surface area contributed by atoms with Crippen LogP contribution in [-0.4, -0.2) is 54.7 Å². The van der Waals surface area contributed by atoms with Gasteiger partial charge in [0.2, 0.25) is 0 Å². The van der Waals surface area contributed by atoms with Gasteiger partial charge in [-0.1, -0.05) is 25.1 Å². The van der Waals surface area contributed by atoms with Crippen LogP contribution in [0.2, 0.25) is 0 Å². The Morgan fingerprint density at radius 1 is 1.10 bits per heavy atom. The van der Waals surface area contributed by atoms with Crippen molar-refractivity contribution < 1.29 is 14.3 Å². The molecule has 1 aliphatic heterocycles. The molecule has 3 rings (SSSR count). The Labute approximate surface area is 171 Å². The Balaban J connectivity index is 1.62. The molecule has 1 aromatic heterocycles. The second kappa shape index (κ2) is 9.41. The Morgan fingerprint density at radius 2 is 1.86 bits per heavy atom. The van der Waals surface area contributed by atoms with Gasteiger partial charge in [0.05, 0.1) is 18.5 Å². The van der Waals surface area contributed by atoms with Gasteiger partial charge in [-0.3, -0.25) is 4.79 Å². The summed E-state index contributed by atoms with van der Waals surface area (Å²) in [5.74, 6) is -0.215. The Morgan fingerprint density at radius 3 is 2.48 bits per heavy atom. The summed E-state index contributed by atoms with van der Waals surface area (Å²) in [4.78, 5) is 32.7. The molecule has 7 heteroatoms. The number of para-hydroxylation sites is 1. The number of aryl methyl sites for hydroxylation is 2. The molecule has 2 amide bonds. The van der Waals surface area contributed by atoms with E-state index in [1.54, 1.807) is 24.1 Å². The molecule has 7 nitrogen and oxygen atoms in total. The summed E-state index contributed by atoms with van der Waals surface area (Å²) >= 11 is 0. The van der Waals surface area contributed by atoms with Crippen molar-refractivity contribution in [2.24, 2.45) is 0 Å². The van der Waals surface area contributed by atoms with Crippen LogP contribution in [0.15, 0.2) is 36.5 Å². The van der Waals surface area contributed by atoms with Gasteiger partial charge >= 0.3 is 6.09 Å². The molecule has 1 N–H and O–H groups in total. The molecule has 0 bridgehead atoms. The second-order valence-electron chi connectivity index (χ2n) is 6.99. The van der Waals surface area contributed by atoms with Gasteiger partial charge in [0.15, 0.2) is 0 Å². The first-order chi connectivity index (χ1) is 14.0. The number of nitrogens with zero attached hydrogens (tertiary/aromatic N) is 3. The zero-order valence-corrected chi connectivity index (χ0v) is 17.3. The summed E-state index contributed by atoms with van der Waals surface area (Å²) < 4.78 is 5.05. The van der Waals surface area contributed by atoms with Crippen molar-refractivity contribution in [1.82, 2.24) is 9.88 Å². The van der Waals surface area contributed by atoms with E-state index in [9.17, 15) is 9.59 Å². The van der Waals surface area contributed by atoms with Crippen LogP contribution in [0.1, 0.15) is 35.5 Å². The van der Waals surface area contributed by atoms with E-state index in [0.29, 0.717) is 38.5 Å². The molecule has 0 radical (unpaired) electrons. The van der Waals surface area contributed by atoms with Gasteiger partial charge in [-0.25, -0.2) is 9.78 Å². The van der Waals surface area contributed by atoms with E-state index in [2.05, 4.69) is 22.1 Å². The number of aromatic nitrogens is 1. The van der Waals surface area contributed by atoms with Gasteiger partial charge < -0.3 is 19.9 Å². The van der Waals surface area contributed by atoms with E-state index in [0.717, 1.165) is 28.9 Å². The zero-order valence-electron chi connectivity index (χ0n) is 17.3. The average Bonchev–Trinajstić information content (AvgIpc) is 2.75. The fraction of sp³-hybridized carbons (Fsp3) is 0.409. The van der Waals surface area contributed by atoms with Crippen LogP contribution >= 0.6 is 0 Å². The number of nitrogens with one attached hydrogen (secondary N) is 1. The topological polar surface area (TPSA) is 74.8 Å². The minimum Gasteiger partial charge on any atom is -0.450 e. The van der Waals surface area contributed by atoms with E-state index in [1.807, 2.05) is 31.2 Å². The summed E-state index contributed by atoms with van der Waals surface area (Å²) in [5.41, 5.74) is 4.32. The number of hydrogen-bond acceptors (Lipinski definition) is 5. The van der Waals surface area contributed by atoms with Crippen molar-refractivity contribution in [3.05, 3.63) is 53.3 Å². The van der Waals surface area contributed by atoms with Crippen molar-refractivity contribution in [2.45, 2.75) is 27.2 Å². The number of rotatable bonds is 5. The van der Waals surface area contributed by atoms with E-state index in [1.165, 1.54) is 0 Å². The number of benzene rings is 1. The summed E-state index contributed by atoms with van der Waals surface area (Å²) in [6.45, 7) is 8.86. The molecule has 2 aromatic rings. The number of piperazine rings is 1. The Kier molecular flexibility index (Phi) is 6.69. The quantitative estimate of drug-likeness (QED) is 0.837. The fourth-order valence-corrected chi connectivity index (χ4v) is 3.45. The van der Waals surface area contributed by atoms with Crippen LogP contribution in [0.3, 0.4) is 0 Å². The molecule has 1 saturated heterocycles. The molecule has 0 saturated carbocycles. The highest BCUT2D eigenvalue weighted by Crippen LogP contribution is 2.22. The van der Waals surface area contributed by atoms with Crippen LogP contribution in [0.5, 0.6) is 0 Å². The van der Waals surface area contributed by atoms with Gasteiger partial charge in [-0.05, 0) is 43.5 Å². The first-order valence-electron chi connectivity index (χ1n) is 10.1. The van der Waals surface area contributed by atoms with Gasteiger partial charge in [-0.15, -0.1) is 0 Å². The SMILES string of the molecule is CCOC(=O)N1CCN(c2ccc(C(=O)Nc3c(C)cccc3CC)nc2)CC1. The lowest BCUT2D eigenvalue weighted by atomic mass is 10.1. The molecule has 2 heterocycles. The maximum Gasteiger partial charge on any atom is 0.409 e. The van der Waals surface area contributed by atoms with Crippen molar-refractivity contribution in [2.75, 3.05) is 43.0 Å². The fourth-order valence-electron chi connectivity index (χ4n) is 3.45. The molecule has 0 aliphatic carbocycles. The third-order valence-electron chi connectivity index (χ3n) is 5.13. The maximum atomic E-state index is 12.7. The second-order valence-corrected chi connectivity index (χ2v) is 6.99. The highest BCUT2D eigenvalue weighted by atomic mass is 16.6. The lowest BCUT2D eigenvalue weighted by molar-refractivity contribution is 0.101. The van der Waals surface area contributed by atoms with Gasteiger partial charge in [0.25, 0.3) is 5.91 Å². The molecule has 1 aromatic carbocycles. The van der Waals surface area contributed by atoms with Crippen LogP contribution in [-0.2, 0) is 11.2 Å². The van der Waals surface area contributed by atoms with Crippen LogP contribution < -0.4 is 10.2 Å². The molecule has 154 valence electrons. The molecular weight excluding hydrogens is 368 g/mol. The number of hydrogen-bond donors (Lipinski definition) is 1. The van der Waals surface area contributed by atoms with Crippen molar-refractivity contribution in [3.63, 3.8) is 0 Å². The number of pyridine rings is 1. The Bertz CT molecular complexity index is 859. The summed E-state index contributed by atoms with van der Waals surface area (Å²) in [6, 6.07) is 9.65. The monoisotopic (exact) mass is 396 g/mol. The van der Waals surface area contributed by atoms with Crippen molar-refractivity contribution in [1.29, 1.82) is 0 Å². The first kappa shape index (κ1) is 20.6. The van der Waals surface area contributed by atoms with E-state index in [4.69, 9.17) is 4.74 Å². The summed E-state index contributed by atoms with van der Waals surface area (Å²) in [7, 11) is 0. The standard InChI is InChI=1S/C22H28N4O3/c1-4-17-8-6-7-16(3)20(17)24-21(27)19-10-9-18(15-23-19)25-11-13-26(14-12-25)22(28)29-5-2/h6-10,15H,4-5,11-14H2,1-3H3,(H,24,27). The van der Waals surface area contributed by atoms with Crippen LogP contribution in [0.25, 0.3) is 0 Å². The molecule has 0 atom stereocenters. The average molecular weight is 396 g/mol. The smallest absolute Gasteiger partial charge is 0.409 e. The number of carbonyl (C=O) groups is 2. The van der Waals surface area contributed by atoms with E-state index < -0.39 is 0 Å². The molecule has 1 aliphatic rings. The van der Waals surface area contributed by atoms with E-state index in [-0.39, 0.29) is 12.0 Å². The lowest BCUT2D eigenvalue weighted by Gasteiger charge is -2.35. The third kappa shape index (κ3) is 4.85. The minimum atomic E-state index is -0.264. The summed E-state index contributed by atoms with van der Waals surface area (Å²) in [5, 5.41) is 3.00. The van der Waals surface area contributed by atoms with E-state index >= 15 is 0 Å². The summed E-state index contributed by atoms with van der Waals surface area (Å²) in [6.07, 6.45) is 2.30. The van der Waals surface area contributed by atoms with Gasteiger partial charge in [0.1, 0.15) is 5.69 Å². The predicted molar refractivity (Wildman–Crippen MR) is 114 cm³/mol. The lowest BCUT2D eigenvalue weighted by Crippen LogP contribution is -2.49. The normalized spacial score (nSPS) is 13.9. The third-order valence-corrected chi connectivity index (χ3v) is 5.13. The first-order valence-corrected chi connectivity index (χ1v) is 10.1. The van der Waals surface area contributed by atoms with Crippen LogP contribution in [0, 0.1) is 6.92 Å². The molecule has 29 heavy (non-hydrogen) atoms. The highest BCUT2D eigenvalue weighted by Gasteiger charge is 2.22. The van der Waals surface area contributed by atoms with Crippen LogP contribution in [0.4, 0.5) is 16.2 Å². The van der Waals surface area contributed by atoms with Gasteiger partial charge in [-0.2, -0.15) is 0 Å². The molecule has 0 spiro atoms. The minimum absolute atomic E-state index is 0.215. The molecule has 1 fully saturated rings.